The molecule has 8 nitrogen and oxygen atoms in total. The van der Waals surface area contributed by atoms with Crippen LogP contribution >= 0.6 is 0 Å². The molecule has 8 heteroatoms. The number of tetrazole rings is 1. The second kappa shape index (κ2) is 8.30. The largest absolute Gasteiger partial charge is 0.493 e. The van der Waals surface area contributed by atoms with Crippen molar-refractivity contribution in [1.29, 1.82) is 0 Å². The van der Waals surface area contributed by atoms with E-state index in [2.05, 4.69) is 20.8 Å². The van der Waals surface area contributed by atoms with Gasteiger partial charge in [0, 0.05) is 23.9 Å². The first-order chi connectivity index (χ1) is 12.7. The Hall–Kier alpha value is -3.13. The van der Waals surface area contributed by atoms with Gasteiger partial charge in [-0.05, 0) is 22.6 Å². The highest BCUT2D eigenvalue weighted by Gasteiger charge is 2.13. The van der Waals surface area contributed by atoms with Crippen molar-refractivity contribution in [2.45, 2.75) is 12.6 Å². The van der Waals surface area contributed by atoms with Gasteiger partial charge in [0.1, 0.15) is 0 Å². The van der Waals surface area contributed by atoms with Crippen molar-refractivity contribution in [3.8, 4) is 22.9 Å². The summed E-state index contributed by atoms with van der Waals surface area (Å²) in [6.07, 6.45) is -0.672. The highest BCUT2D eigenvalue weighted by atomic mass is 16.5. The summed E-state index contributed by atoms with van der Waals surface area (Å²) in [5.74, 6) is 1.90. The Morgan fingerprint density at radius 1 is 1.08 bits per heavy atom. The number of hydrogen-bond acceptors (Lipinski definition) is 7. The minimum atomic E-state index is -0.672. The van der Waals surface area contributed by atoms with E-state index in [-0.39, 0.29) is 6.54 Å². The van der Waals surface area contributed by atoms with Gasteiger partial charge in [-0.2, -0.15) is 0 Å². The molecule has 2 N–H and O–H groups in total. The van der Waals surface area contributed by atoms with Crippen LogP contribution in [0.5, 0.6) is 11.5 Å². The van der Waals surface area contributed by atoms with E-state index in [9.17, 15) is 5.11 Å². The number of anilines is 1. The molecule has 0 aliphatic carbocycles. The number of nitrogens with zero attached hydrogens (tertiary/aromatic N) is 4. The Morgan fingerprint density at radius 2 is 1.85 bits per heavy atom. The maximum atomic E-state index is 10.3. The summed E-state index contributed by atoms with van der Waals surface area (Å²) in [5, 5.41) is 25.2. The van der Waals surface area contributed by atoms with E-state index in [0.717, 1.165) is 11.3 Å². The molecule has 0 bridgehead atoms. The SMILES string of the molecule is COc1ccc(NC[C@@H](O)Cn2nnnc2-c2ccccc2)cc1OC. The van der Waals surface area contributed by atoms with Crippen LogP contribution in [0.3, 0.4) is 0 Å². The molecule has 0 amide bonds. The second-order valence-corrected chi connectivity index (χ2v) is 5.66. The molecule has 0 spiro atoms. The van der Waals surface area contributed by atoms with Crippen molar-refractivity contribution in [1.82, 2.24) is 20.2 Å². The summed E-state index contributed by atoms with van der Waals surface area (Å²) in [4.78, 5) is 0. The van der Waals surface area contributed by atoms with Gasteiger partial charge in [-0.1, -0.05) is 30.3 Å². The summed E-state index contributed by atoms with van der Waals surface area (Å²) >= 11 is 0. The van der Waals surface area contributed by atoms with E-state index in [0.29, 0.717) is 23.9 Å². The maximum Gasteiger partial charge on any atom is 0.182 e. The van der Waals surface area contributed by atoms with E-state index in [4.69, 9.17) is 9.47 Å². The van der Waals surface area contributed by atoms with Crippen LogP contribution in [0.4, 0.5) is 5.69 Å². The highest BCUT2D eigenvalue weighted by Crippen LogP contribution is 2.29. The first-order valence-electron chi connectivity index (χ1n) is 8.17. The number of aromatic nitrogens is 4. The zero-order valence-electron chi connectivity index (χ0n) is 14.7. The van der Waals surface area contributed by atoms with Crippen LogP contribution in [0, 0.1) is 0 Å². The third kappa shape index (κ3) is 4.09. The van der Waals surface area contributed by atoms with Gasteiger partial charge < -0.3 is 19.9 Å². The Bertz CT molecular complexity index is 838. The third-order valence-corrected chi connectivity index (χ3v) is 3.87. The number of ether oxygens (including phenoxy) is 2. The molecule has 0 saturated carbocycles. The topological polar surface area (TPSA) is 94.3 Å². The Kier molecular flexibility index (Phi) is 5.65. The van der Waals surface area contributed by atoms with Crippen LogP contribution in [0.15, 0.2) is 48.5 Å². The summed E-state index contributed by atoms with van der Waals surface area (Å²) in [5.41, 5.74) is 1.72. The predicted octanol–water partition coefficient (Wildman–Crippen LogP) is 1.83. The van der Waals surface area contributed by atoms with E-state index in [1.165, 1.54) is 0 Å². The first-order valence-corrected chi connectivity index (χ1v) is 8.17. The lowest BCUT2D eigenvalue weighted by atomic mass is 10.2. The molecule has 0 saturated heterocycles. The molecular weight excluding hydrogens is 334 g/mol. The van der Waals surface area contributed by atoms with Crippen LogP contribution < -0.4 is 14.8 Å². The molecule has 0 aliphatic rings. The number of nitrogens with one attached hydrogen (secondary N) is 1. The Balaban J connectivity index is 1.62. The van der Waals surface area contributed by atoms with Crippen molar-refractivity contribution < 1.29 is 14.6 Å². The number of aliphatic hydroxyl groups excluding tert-OH is 1. The zero-order chi connectivity index (χ0) is 18.4. The lowest BCUT2D eigenvalue weighted by Crippen LogP contribution is -2.26. The number of benzene rings is 2. The first kappa shape index (κ1) is 17.7. The lowest BCUT2D eigenvalue weighted by molar-refractivity contribution is 0.161. The number of rotatable bonds is 8. The third-order valence-electron chi connectivity index (χ3n) is 3.87. The van der Waals surface area contributed by atoms with Crippen LogP contribution in [-0.2, 0) is 6.54 Å². The molecule has 3 rings (SSSR count). The minimum Gasteiger partial charge on any atom is -0.493 e. The van der Waals surface area contributed by atoms with Crippen LogP contribution in [0.2, 0.25) is 0 Å². The van der Waals surface area contributed by atoms with E-state index in [1.54, 1.807) is 18.9 Å². The van der Waals surface area contributed by atoms with Gasteiger partial charge in [-0.3, -0.25) is 0 Å². The maximum absolute atomic E-state index is 10.3. The molecule has 1 heterocycles. The normalized spacial score (nSPS) is 11.8. The highest BCUT2D eigenvalue weighted by molar-refractivity contribution is 5.55. The van der Waals surface area contributed by atoms with Gasteiger partial charge in [0.15, 0.2) is 17.3 Å². The summed E-state index contributed by atoms with van der Waals surface area (Å²) in [6.45, 7) is 0.612. The molecule has 0 radical (unpaired) electrons. The smallest absolute Gasteiger partial charge is 0.182 e. The molecule has 0 fully saturated rings. The molecular formula is C18H21N5O3. The van der Waals surface area contributed by atoms with Gasteiger partial charge in [0.05, 0.1) is 26.9 Å². The summed E-state index contributed by atoms with van der Waals surface area (Å²) in [6, 6.07) is 15.1. The molecule has 0 aliphatic heterocycles. The summed E-state index contributed by atoms with van der Waals surface area (Å²) in [7, 11) is 3.17. The summed E-state index contributed by atoms with van der Waals surface area (Å²) < 4.78 is 12.1. The standard InChI is InChI=1S/C18H21N5O3/c1-25-16-9-8-14(10-17(16)26-2)19-11-15(24)12-23-18(20-21-22-23)13-6-4-3-5-7-13/h3-10,15,19,24H,11-12H2,1-2H3/t15-/m1/s1. The number of aliphatic hydroxyl groups is 1. The fraction of sp³-hybridized carbons (Fsp3) is 0.278. The van der Waals surface area contributed by atoms with Crippen molar-refractivity contribution in [3.05, 3.63) is 48.5 Å². The monoisotopic (exact) mass is 355 g/mol. The van der Waals surface area contributed by atoms with Crippen LogP contribution in [-0.4, -0.2) is 52.2 Å². The molecule has 1 atom stereocenters. The molecule has 3 aromatic rings. The minimum absolute atomic E-state index is 0.275. The lowest BCUT2D eigenvalue weighted by Gasteiger charge is -2.15. The zero-order valence-corrected chi connectivity index (χ0v) is 14.7. The fourth-order valence-electron chi connectivity index (χ4n) is 2.57. The van der Waals surface area contributed by atoms with Gasteiger partial charge in [0.2, 0.25) is 0 Å². The van der Waals surface area contributed by atoms with Crippen molar-refractivity contribution >= 4 is 5.69 Å². The van der Waals surface area contributed by atoms with Crippen molar-refractivity contribution in [2.24, 2.45) is 0 Å². The molecule has 0 unspecified atom stereocenters. The van der Waals surface area contributed by atoms with E-state index >= 15 is 0 Å². The average molecular weight is 355 g/mol. The molecule has 26 heavy (non-hydrogen) atoms. The van der Waals surface area contributed by atoms with Crippen molar-refractivity contribution in [3.63, 3.8) is 0 Å². The average Bonchev–Trinajstić information content (AvgIpc) is 3.14. The molecule has 1 aromatic heterocycles. The Morgan fingerprint density at radius 3 is 2.58 bits per heavy atom. The van der Waals surface area contributed by atoms with Crippen LogP contribution in [0.1, 0.15) is 0 Å². The number of hydrogen-bond donors (Lipinski definition) is 2. The predicted molar refractivity (Wildman–Crippen MR) is 97.3 cm³/mol. The number of methoxy groups -OCH3 is 2. The van der Waals surface area contributed by atoms with Gasteiger partial charge in [-0.15, -0.1) is 5.10 Å². The molecule has 136 valence electrons. The van der Waals surface area contributed by atoms with Gasteiger partial charge in [0.25, 0.3) is 0 Å². The van der Waals surface area contributed by atoms with Crippen LogP contribution in [0.25, 0.3) is 11.4 Å². The van der Waals surface area contributed by atoms with Gasteiger partial charge in [-0.25, -0.2) is 4.68 Å². The fourth-order valence-corrected chi connectivity index (χ4v) is 2.57. The quantitative estimate of drug-likeness (QED) is 0.636. The van der Waals surface area contributed by atoms with E-state index in [1.807, 2.05) is 48.5 Å². The van der Waals surface area contributed by atoms with E-state index < -0.39 is 6.10 Å². The molecule has 2 aromatic carbocycles. The van der Waals surface area contributed by atoms with Gasteiger partial charge >= 0.3 is 0 Å². The Labute approximate surface area is 151 Å². The van der Waals surface area contributed by atoms with Crippen molar-refractivity contribution in [2.75, 3.05) is 26.1 Å². The second-order valence-electron chi connectivity index (χ2n) is 5.66.